The van der Waals surface area contributed by atoms with Gasteiger partial charge in [-0.25, -0.2) is 4.98 Å². The zero-order valence-corrected chi connectivity index (χ0v) is 19.3. The van der Waals surface area contributed by atoms with Crippen LogP contribution in [-0.2, 0) is 19.5 Å². The van der Waals surface area contributed by atoms with Crippen molar-refractivity contribution in [2.24, 2.45) is 0 Å². The Kier molecular flexibility index (Phi) is 6.30. The predicted octanol–water partition coefficient (Wildman–Crippen LogP) is 4.40. The second kappa shape index (κ2) is 9.67. The van der Waals surface area contributed by atoms with E-state index in [1.807, 2.05) is 24.3 Å². The fraction of sp³-hybridized carbons (Fsp3) is 0.385. The largest absolute Gasteiger partial charge is 0.497 e. The Morgan fingerprint density at radius 3 is 2.73 bits per heavy atom. The van der Waals surface area contributed by atoms with Gasteiger partial charge in [0.05, 0.1) is 37.0 Å². The molecule has 172 valence electrons. The molecule has 0 radical (unpaired) electrons. The van der Waals surface area contributed by atoms with E-state index in [4.69, 9.17) is 14.5 Å². The maximum absolute atomic E-state index is 5.85. The molecule has 0 aliphatic carbocycles. The van der Waals surface area contributed by atoms with Gasteiger partial charge < -0.3 is 14.0 Å². The lowest BCUT2D eigenvalue weighted by Crippen LogP contribution is -2.22. The van der Waals surface area contributed by atoms with Crippen LogP contribution in [0.5, 0.6) is 11.5 Å². The van der Waals surface area contributed by atoms with Gasteiger partial charge in [0.2, 0.25) is 0 Å². The maximum atomic E-state index is 5.85. The Bertz CT molecular complexity index is 1200. The van der Waals surface area contributed by atoms with Crippen molar-refractivity contribution in [1.29, 1.82) is 0 Å². The first-order valence-corrected chi connectivity index (χ1v) is 11.7. The topological polar surface area (TPSA) is 68.2 Å². The third kappa shape index (κ3) is 4.73. The Morgan fingerprint density at radius 2 is 1.91 bits per heavy atom. The first-order chi connectivity index (χ1) is 16.2. The van der Waals surface area contributed by atoms with Gasteiger partial charge in [0.25, 0.3) is 0 Å². The molecule has 0 saturated carbocycles. The molecule has 7 heteroatoms. The van der Waals surface area contributed by atoms with Crippen molar-refractivity contribution in [3.63, 3.8) is 0 Å². The van der Waals surface area contributed by atoms with Crippen molar-refractivity contribution in [3.8, 4) is 11.5 Å². The molecule has 2 aromatic heterocycles. The number of ether oxygens (including phenoxy) is 2. The number of rotatable bonds is 9. The molecule has 0 spiro atoms. The van der Waals surface area contributed by atoms with Crippen LogP contribution >= 0.6 is 0 Å². The zero-order valence-electron chi connectivity index (χ0n) is 19.3. The van der Waals surface area contributed by atoms with E-state index < -0.39 is 0 Å². The summed E-state index contributed by atoms with van der Waals surface area (Å²) in [6.45, 7) is 6.70. The van der Waals surface area contributed by atoms with Crippen LogP contribution in [-0.4, -0.2) is 51.5 Å². The number of nitrogens with one attached hydrogen (secondary N) is 1. The molecule has 4 aromatic rings. The molecule has 33 heavy (non-hydrogen) atoms. The lowest BCUT2D eigenvalue weighted by atomic mass is 10.0. The van der Waals surface area contributed by atoms with Crippen LogP contribution < -0.4 is 9.47 Å². The summed E-state index contributed by atoms with van der Waals surface area (Å²) in [4.78, 5) is 7.40. The molecule has 1 saturated heterocycles. The number of benzene rings is 2. The molecule has 1 N–H and O–H groups in total. The van der Waals surface area contributed by atoms with E-state index in [1.165, 1.54) is 5.52 Å². The quantitative estimate of drug-likeness (QED) is 0.414. The third-order valence-corrected chi connectivity index (χ3v) is 6.46. The van der Waals surface area contributed by atoms with E-state index in [-0.39, 0.29) is 0 Å². The number of H-pyrrole nitrogens is 1. The van der Waals surface area contributed by atoms with Crippen molar-refractivity contribution in [2.75, 3.05) is 26.8 Å². The highest BCUT2D eigenvalue weighted by Crippen LogP contribution is 2.28. The molecule has 1 aliphatic heterocycles. The van der Waals surface area contributed by atoms with Crippen LogP contribution in [0.3, 0.4) is 0 Å². The summed E-state index contributed by atoms with van der Waals surface area (Å²) in [6.07, 6.45) is 1.93. The molecule has 0 unspecified atom stereocenters. The second-order valence-corrected chi connectivity index (χ2v) is 8.57. The van der Waals surface area contributed by atoms with Gasteiger partial charge >= 0.3 is 0 Å². The maximum Gasteiger partial charge on any atom is 0.124 e. The molecule has 3 heterocycles. The number of hydrogen-bond donors (Lipinski definition) is 1. The van der Waals surface area contributed by atoms with Crippen LogP contribution in [0.15, 0.2) is 54.6 Å². The van der Waals surface area contributed by atoms with E-state index in [1.54, 1.807) is 7.11 Å². The van der Waals surface area contributed by atoms with Crippen molar-refractivity contribution in [1.82, 2.24) is 24.6 Å². The number of hydrogen-bond acceptors (Lipinski definition) is 5. The fourth-order valence-corrected chi connectivity index (χ4v) is 4.68. The third-order valence-electron chi connectivity index (χ3n) is 6.46. The van der Waals surface area contributed by atoms with Gasteiger partial charge in [0.1, 0.15) is 17.3 Å². The van der Waals surface area contributed by atoms with Gasteiger partial charge in [0.15, 0.2) is 0 Å². The lowest BCUT2D eigenvalue weighted by Gasteiger charge is -2.16. The molecule has 7 nitrogen and oxygen atoms in total. The number of aryl methyl sites for hydroxylation is 1. The molecule has 1 atom stereocenters. The highest BCUT2D eigenvalue weighted by Gasteiger charge is 2.27. The first kappa shape index (κ1) is 21.5. The summed E-state index contributed by atoms with van der Waals surface area (Å²) in [7, 11) is 1.66. The van der Waals surface area contributed by atoms with Crippen molar-refractivity contribution in [2.45, 2.75) is 38.8 Å². The van der Waals surface area contributed by atoms with Crippen LogP contribution in [0.2, 0.25) is 0 Å². The molecular formula is C26H31N5O2. The minimum atomic E-state index is 0.456. The van der Waals surface area contributed by atoms with Gasteiger partial charge in [-0.2, -0.15) is 5.10 Å². The monoisotopic (exact) mass is 445 g/mol. The summed E-state index contributed by atoms with van der Waals surface area (Å²) in [5, 5.41) is 7.81. The average Bonchev–Trinajstić information content (AvgIpc) is 3.58. The Hall–Kier alpha value is -3.32. The number of likely N-dealkylation sites (tertiary alicyclic amines) is 1. The second-order valence-electron chi connectivity index (χ2n) is 8.57. The van der Waals surface area contributed by atoms with E-state index in [0.29, 0.717) is 12.5 Å². The Balaban J connectivity index is 1.15. The molecular weight excluding hydrogens is 414 g/mol. The molecule has 1 fully saturated rings. The zero-order chi connectivity index (χ0) is 22.6. The standard InChI is InChI=1S/C26H31N5O2/c1-3-31-25-7-5-4-6-23(25)27-26(31)18-30-14-12-19(17-30)24-16-20(28-29-24)13-15-33-22-10-8-21(32-2)9-11-22/h4-11,16,19H,3,12-15,17-18H2,1-2H3,(H,28,29)/t19-/m1/s1. The van der Waals surface area contributed by atoms with Gasteiger partial charge in [0, 0.05) is 31.1 Å². The van der Waals surface area contributed by atoms with Crippen molar-refractivity contribution < 1.29 is 9.47 Å². The average molecular weight is 446 g/mol. The number of methoxy groups -OCH3 is 1. The van der Waals surface area contributed by atoms with E-state index in [0.717, 1.165) is 73.2 Å². The summed E-state index contributed by atoms with van der Waals surface area (Å²) < 4.78 is 13.4. The number of fused-ring (bicyclic) bond motifs is 1. The summed E-state index contributed by atoms with van der Waals surface area (Å²) >= 11 is 0. The van der Waals surface area contributed by atoms with Crippen LogP contribution in [0.1, 0.15) is 36.5 Å². The Morgan fingerprint density at radius 1 is 1.09 bits per heavy atom. The van der Waals surface area contributed by atoms with Crippen LogP contribution in [0.25, 0.3) is 11.0 Å². The predicted molar refractivity (Wildman–Crippen MR) is 129 cm³/mol. The van der Waals surface area contributed by atoms with E-state index in [9.17, 15) is 0 Å². The first-order valence-electron chi connectivity index (χ1n) is 11.7. The number of aromatic amines is 1. The van der Waals surface area contributed by atoms with Crippen LogP contribution in [0.4, 0.5) is 0 Å². The molecule has 5 rings (SSSR count). The normalized spacial score (nSPS) is 16.5. The van der Waals surface area contributed by atoms with Crippen LogP contribution in [0, 0.1) is 0 Å². The molecule has 0 amide bonds. The van der Waals surface area contributed by atoms with Gasteiger partial charge in [-0.05, 0) is 62.4 Å². The number of aromatic nitrogens is 4. The van der Waals surface area contributed by atoms with Gasteiger partial charge in [-0.15, -0.1) is 0 Å². The summed E-state index contributed by atoms with van der Waals surface area (Å²) in [5.41, 5.74) is 4.57. The van der Waals surface area contributed by atoms with Crippen molar-refractivity contribution in [3.05, 3.63) is 71.8 Å². The minimum Gasteiger partial charge on any atom is -0.497 e. The fourth-order valence-electron chi connectivity index (χ4n) is 4.68. The van der Waals surface area contributed by atoms with E-state index in [2.05, 4.69) is 56.9 Å². The summed E-state index contributed by atoms with van der Waals surface area (Å²) in [6, 6.07) is 18.3. The van der Waals surface area contributed by atoms with E-state index >= 15 is 0 Å². The molecule has 0 bridgehead atoms. The molecule has 1 aliphatic rings. The number of para-hydroxylation sites is 2. The summed E-state index contributed by atoms with van der Waals surface area (Å²) in [5.74, 6) is 3.29. The highest BCUT2D eigenvalue weighted by atomic mass is 16.5. The van der Waals surface area contributed by atoms with Crippen molar-refractivity contribution >= 4 is 11.0 Å². The SMILES string of the molecule is CCn1c(CN2CC[C@@H](c3cc(CCOc4ccc(OC)cc4)[nH]n3)C2)nc2ccccc21. The Labute approximate surface area is 194 Å². The molecule has 2 aromatic carbocycles. The number of nitrogens with zero attached hydrogens (tertiary/aromatic N) is 4. The highest BCUT2D eigenvalue weighted by molar-refractivity contribution is 5.75. The minimum absolute atomic E-state index is 0.456. The smallest absolute Gasteiger partial charge is 0.124 e. The van der Waals surface area contributed by atoms with Gasteiger partial charge in [-0.1, -0.05) is 12.1 Å². The number of imidazole rings is 1. The lowest BCUT2D eigenvalue weighted by molar-refractivity contribution is 0.313. The van der Waals surface area contributed by atoms with Gasteiger partial charge in [-0.3, -0.25) is 10.00 Å².